The van der Waals surface area contributed by atoms with E-state index in [0.717, 1.165) is 17.5 Å². The third-order valence-electron chi connectivity index (χ3n) is 2.19. The van der Waals surface area contributed by atoms with Gasteiger partial charge in [0, 0.05) is 0 Å². The first-order valence-corrected chi connectivity index (χ1v) is 6.11. The minimum Gasteiger partial charge on any atom is -0.491 e. The normalized spacial score (nSPS) is 10.9. The molecule has 0 aliphatic carbocycles. The van der Waals surface area contributed by atoms with E-state index >= 15 is 0 Å². The molecule has 2 N–H and O–H groups in total. The molecule has 0 atom stereocenters. The molecule has 0 fully saturated rings. The Kier molecular flexibility index (Phi) is 4.43. The Bertz CT molecular complexity index is 651. The molecule has 0 amide bonds. The van der Waals surface area contributed by atoms with E-state index in [1.807, 2.05) is 38.1 Å². The summed E-state index contributed by atoms with van der Waals surface area (Å²) < 4.78 is 5.58. The Hall–Kier alpha value is -2.70. The molecule has 0 aliphatic heterocycles. The van der Waals surface area contributed by atoms with Crippen molar-refractivity contribution in [2.75, 3.05) is 5.43 Å². The number of aromatic nitrogens is 3. The van der Waals surface area contributed by atoms with Crippen molar-refractivity contribution in [3.05, 3.63) is 46.4 Å². The summed E-state index contributed by atoms with van der Waals surface area (Å²) in [6, 6.07) is 7.51. The van der Waals surface area contributed by atoms with Crippen molar-refractivity contribution < 1.29 is 4.74 Å². The highest BCUT2D eigenvalue weighted by atomic mass is 16.5. The Labute approximate surface area is 115 Å². The number of hydrazone groups is 1. The van der Waals surface area contributed by atoms with Crippen LogP contribution in [0.3, 0.4) is 0 Å². The van der Waals surface area contributed by atoms with Crippen LogP contribution in [0.4, 0.5) is 5.95 Å². The number of H-pyrrole nitrogens is 1. The number of nitrogens with one attached hydrogen (secondary N) is 2. The van der Waals surface area contributed by atoms with Gasteiger partial charge in [-0.3, -0.25) is 9.78 Å². The second-order valence-electron chi connectivity index (χ2n) is 4.29. The molecule has 2 aromatic rings. The molecule has 0 aliphatic rings. The van der Waals surface area contributed by atoms with Crippen molar-refractivity contribution in [2.45, 2.75) is 20.0 Å². The first kappa shape index (κ1) is 13.7. The smallest absolute Gasteiger partial charge is 0.271 e. The maximum Gasteiger partial charge on any atom is 0.271 e. The number of aromatic amines is 1. The summed E-state index contributed by atoms with van der Waals surface area (Å²) in [5.74, 6) is 0.959. The van der Waals surface area contributed by atoms with E-state index in [-0.39, 0.29) is 17.6 Å². The number of ether oxygens (including phenoxy) is 1. The topological polar surface area (TPSA) is 92.3 Å². The van der Waals surface area contributed by atoms with Gasteiger partial charge in [-0.1, -0.05) is 12.1 Å². The van der Waals surface area contributed by atoms with Gasteiger partial charge >= 0.3 is 0 Å². The molecule has 104 valence electrons. The minimum absolute atomic E-state index is 0.116. The maximum atomic E-state index is 11.0. The zero-order chi connectivity index (χ0) is 14.4. The molecule has 0 saturated carbocycles. The molecular weight excluding hydrogens is 258 g/mol. The van der Waals surface area contributed by atoms with Gasteiger partial charge in [-0.25, -0.2) is 5.43 Å². The van der Waals surface area contributed by atoms with Crippen molar-refractivity contribution >= 4 is 12.2 Å². The fourth-order valence-electron chi connectivity index (χ4n) is 1.47. The molecular formula is C13H15N5O2. The SMILES string of the molecule is CC(C)Oc1cccc(/C=N/Nc2nncc(=O)[nH]2)c1. The molecule has 7 nitrogen and oxygen atoms in total. The van der Waals surface area contributed by atoms with Gasteiger partial charge in [0.1, 0.15) is 11.9 Å². The van der Waals surface area contributed by atoms with Gasteiger partial charge in [-0.15, -0.1) is 10.2 Å². The summed E-state index contributed by atoms with van der Waals surface area (Å²) in [5.41, 5.74) is 3.11. The average molecular weight is 273 g/mol. The number of nitrogens with zero attached hydrogens (tertiary/aromatic N) is 3. The average Bonchev–Trinajstić information content (AvgIpc) is 2.38. The van der Waals surface area contributed by atoms with E-state index in [1.165, 1.54) is 0 Å². The summed E-state index contributed by atoms with van der Waals surface area (Å²) >= 11 is 0. The Balaban J connectivity index is 2.02. The Morgan fingerprint density at radius 1 is 1.45 bits per heavy atom. The van der Waals surface area contributed by atoms with Crippen LogP contribution in [0.2, 0.25) is 0 Å². The summed E-state index contributed by atoms with van der Waals surface area (Å²) in [6.45, 7) is 3.93. The Morgan fingerprint density at radius 2 is 2.30 bits per heavy atom. The number of anilines is 1. The second kappa shape index (κ2) is 6.46. The molecule has 1 aromatic heterocycles. The number of benzene rings is 1. The van der Waals surface area contributed by atoms with Crippen LogP contribution in [0.1, 0.15) is 19.4 Å². The standard InChI is InChI=1S/C13H15N5O2/c1-9(2)20-11-5-3-4-10(6-11)7-14-17-13-16-12(19)8-15-18-13/h3-9H,1-2H3,(H2,16,17,18,19)/b14-7+. The van der Waals surface area contributed by atoms with Crippen molar-refractivity contribution in [1.82, 2.24) is 15.2 Å². The lowest BCUT2D eigenvalue weighted by Crippen LogP contribution is -2.10. The van der Waals surface area contributed by atoms with Crippen LogP contribution in [0.15, 0.2) is 40.4 Å². The van der Waals surface area contributed by atoms with Crippen molar-refractivity contribution in [1.29, 1.82) is 0 Å². The van der Waals surface area contributed by atoms with Crippen LogP contribution in [0.5, 0.6) is 5.75 Å². The van der Waals surface area contributed by atoms with E-state index < -0.39 is 0 Å². The molecule has 20 heavy (non-hydrogen) atoms. The van der Waals surface area contributed by atoms with E-state index in [2.05, 4.69) is 25.7 Å². The van der Waals surface area contributed by atoms with E-state index in [1.54, 1.807) is 6.21 Å². The maximum absolute atomic E-state index is 11.0. The lowest BCUT2D eigenvalue weighted by atomic mass is 10.2. The van der Waals surface area contributed by atoms with Crippen LogP contribution in [0, 0.1) is 0 Å². The second-order valence-corrected chi connectivity index (χ2v) is 4.29. The van der Waals surface area contributed by atoms with E-state index in [9.17, 15) is 4.79 Å². The minimum atomic E-state index is -0.343. The molecule has 0 unspecified atom stereocenters. The van der Waals surface area contributed by atoms with Gasteiger partial charge in [-0.2, -0.15) is 5.10 Å². The number of hydrogen-bond donors (Lipinski definition) is 2. The highest BCUT2D eigenvalue weighted by molar-refractivity contribution is 5.80. The number of hydrogen-bond acceptors (Lipinski definition) is 6. The Morgan fingerprint density at radius 3 is 3.05 bits per heavy atom. The molecule has 1 aromatic carbocycles. The van der Waals surface area contributed by atoms with Gasteiger partial charge in [0.25, 0.3) is 5.56 Å². The fourth-order valence-corrected chi connectivity index (χ4v) is 1.47. The molecule has 0 saturated heterocycles. The van der Waals surface area contributed by atoms with Gasteiger partial charge in [0.05, 0.1) is 12.3 Å². The van der Waals surface area contributed by atoms with Crippen molar-refractivity contribution in [2.24, 2.45) is 5.10 Å². The van der Waals surface area contributed by atoms with Crippen molar-refractivity contribution in [3.8, 4) is 5.75 Å². The van der Waals surface area contributed by atoms with Crippen molar-refractivity contribution in [3.63, 3.8) is 0 Å². The van der Waals surface area contributed by atoms with Gasteiger partial charge in [0.15, 0.2) is 0 Å². The van der Waals surface area contributed by atoms with E-state index in [4.69, 9.17) is 4.74 Å². The van der Waals surface area contributed by atoms with Crippen LogP contribution < -0.4 is 15.7 Å². The lowest BCUT2D eigenvalue weighted by Gasteiger charge is -2.09. The molecule has 2 rings (SSSR count). The monoisotopic (exact) mass is 273 g/mol. The number of rotatable bonds is 5. The van der Waals surface area contributed by atoms with Crippen LogP contribution in [-0.2, 0) is 0 Å². The highest BCUT2D eigenvalue weighted by Crippen LogP contribution is 2.13. The summed E-state index contributed by atoms with van der Waals surface area (Å²) in [7, 11) is 0. The lowest BCUT2D eigenvalue weighted by molar-refractivity contribution is 0.242. The fraction of sp³-hybridized carbons (Fsp3) is 0.231. The first-order chi connectivity index (χ1) is 9.63. The van der Waals surface area contributed by atoms with Gasteiger partial charge < -0.3 is 4.74 Å². The molecule has 1 heterocycles. The molecule has 0 bridgehead atoms. The summed E-state index contributed by atoms with van der Waals surface area (Å²) in [5, 5.41) is 11.1. The predicted octanol–water partition coefficient (Wildman–Crippen LogP) is 1.40. The van der Waals surface area contributed by atoms with E-state index in [0.29, 0.717) is 0 Å². The zero-order valence-corrected chi connectivity index (χ0v) is 11.2. The van der Waals surface area contributed by atoms with Crippen LogP contribution >= 0.6 is 0 Å². The molecule has 7 heteroatoms. The highest BCUT2D eigenvalue weighted by Gasteiger charge is 1.98. The summed E-state index contributed by atoms with van der Waals surface area (Å²) in [4.78, 5) is 13.5. The largest absolute Gasteiger partial charge is 0.491 e. The van der Waals surface area contributed by atoms with Gasteiger partial charge in [-0.05, 0) is 31.5 Å². The third-order valence-corrected chi connectivity index (χ3v) is 2.19. The van der Waals surface area contributed by atoms with Crippen LogP contribution in [-0.4, -0.2) is 27.5 Å². The summed E-state index contributed by atoms with van der Waals surface area (Å²) in [6.07, 6.45) is 2.80. The van der Waals surface area contributed by atoms with Crippen LogP contribution in [0.25, 0.3) is 0 Å². The third kappa shape index (κ3) is 4.20. The zero-order valence-electron chi connectivity index (χ0n) is 11.2. The predicted molar refractivity (Wildman–Crippen MR) is 76.1 cm³/mol. The first-order valence-electron chi connectivity index (χ1n) is 6.11. The van der Waals surface area contributed by atoms with Gasteiger partial charge in [0.2, 0.25) is 5.95 Å². The molecule has 0 radical (unpaired) electrons. The quantitative estimate of drug-likeness (QED) is 0.634. The molecule has 0 spiro atoms.